The van der Waals surface area contributed by atoms with E-state index in [2.05, 4.69) is 58.3 Å². The lowest BCUT2D eigenvalue weighted by Crippen LogP contribution is -2.46. The van der Waals surface area contributed by atoms with Crippen LogP contribution in [0.1, 0.15) is 25.7 Å². The zero-order valence-electron chi connectivity index (χ0n) is 17.4. The number of fused-ring (bicyclic) bond motifs is 1. The number of hydrogen-bond donors (Lipinski definition) is 0. The van der Waals surface area contributed by atoms with Crippen LogP contribution in [0.3, 0.4) is 0 Å². The third-order valence-electron chi connectivity index (χ3n) is 7.27. The van der Waals surface area contributed by atoms with Crippen LogP contribution in [-0.4, -0.2) is 47.9 Å². The highest BCUT2D eigenvalue weighted by Crippen LogP contribution is 2.44. The molecule has 0 atom stereocenters. The number of likely N-dealkylation sites (tertiary alicyclic amines) is 1. The number of aryl methyl sites for hydroxylation is 1. The Balaban J connectivity index is 1.43. The van der Waals surface area contributed by atoms with Crippen molar-refractivity contribution in [3.05, 3.63) is 47.6 Å². The van der Waals surface area contributed by atoms with Crippen LogP contribution in [0.15, 0.2) is 42.6 Å². The predicted octanol–water partition coefficient (Wildman–Crippen LogP) is 5.21. The molecule has 152 valence electrons. The summed E-state index contributed by atoms with van der Waals surface area (Å²) in [6.07, 6.45) is 7.18. The Hall–Kier alpha value is -2.04. The molecule has 2 aliphatic rings. The third kappa shape index (κ3) is 3.32. The second-order valence-corrected chi connectivity index (χ2v) is 9.31. The summed E-state index contributed by atoms with van der Waals surface area (Å²) in [5.74, 6) is 0. The van der Waals surface area contributed by atoms with E-state index in [4.69, 9.17) is 11.6 Å². The number of aromatic nitrogens is 2. The molecule has 0 saturated carbocycles. The zero-order chi connectivity index (χ0) is 20.0. The van der Waals surface area contributed by atoms with E-state index >= 15 is 0 Å². The Morgan fingerprint density at radius 2 is 1.52 bits per heavy atom. The van der Waals surface area contributed by atoms with Gasteiger partial charge in [-0.2, -0.15) is 5.10 Å². The lowest BCUT2D eigenvalue weighted by molar-refractivity contribution is 0.0945. The van der Waals surface area contributed by atoms with Gasteiger partial charge in [-0.05, 0) is 68.9 Å². The first-order chi connectivity index (χ1) is 14.1. The van der Waals surface area contributed by atoms with Gasteiger partial charge >= 0.3 is 0 Å². The van der Waals surface area contributed by atoms with Gasteiger partial charge in [0.1, 0.15) is 0 Å². The first kappa shape index (κ1) is 19.0. The fourth-order valence-corrected chi connectivity index (χ4v) is 5.55. The quantitative estimate of drug-likeness (QED) is 0.582. The van der Waals surface area contributed by atoms with E-state index in [0.717, 1.165) is 40.1 Å². The average molecular weight is 409 g/mol. The van der Waals surface area contributed by atoms with Gasteiger partial charge in [-0.3, -0.25) is 4.68 Å². The Labute approximate surface area is 178 Å². The Morgan fingerprint density at radius 3 is 2.28 bits per heavy atom. The molecule has 1 aromatic heterocycles. The van der Waals surface area contributed by atoms with Gasteiger partial charge < -0.3 is 9.80 Å². The minimum absolute atomic E-state index is 0.550. The number of halogens is 1. The van der Waals surface area contributed by atoms with Crippen molar-refractivity contribution in [1.29, 1.82) is 0 Å². The van der Waals surface area contributed by atoms with Crippen molar-refractivity contribution in [3.8, 4) is 11.1 Å². The van der Waals surface area contributed by atoms with Crippen molar-refractivity contribution < 1.29 is 0 Å². The number of anilines is 1. The first-order valence-corrected chi connectivity index (χ1v) is 11.1. The van der Waals surface area contributed by atoms with Gasteiger partial charge in [-0.1, -0.05) is 35.9 Å². The molecule has 0 unspecified atom stereocenters. The van der Waals surface area contributed by atoms with E-state index in [0.29, 0.717) is 5.41 Å². The molecule has 0 aliphatic carbocycles. The van der Waals surface area contributed by atoms with Crippen molar-refractivity contribution in [2.45, 2.75) is 25.7 Å². The molecular weight excluding hydrogens is 380 g/mol. The minimum atomic E-state index is 0.550. The van der Waals surface area contributed by atoms with Crippen molar-refractivity contribution >= 4 is 28.2 Å². The molecular formula is C24H29ClN4. The second-order valence-electron chi connectivity index (χ2n) is 8.94. The predicted molar refractivity (Wildman–Crippen MR) is 122 cm³/mol. The first-order valence-electron chi connectivity index (χ1n) is 10.7. The molecule has 2 aliphatic heterocycles. The van der Waals surface area contributed by atoms with Crippen LogP contribution in [-0.2, 0) is 7.05 Å². The van der Waals surface area contributed by atoms with Crippen molar-refractivity contribution in [2.24, 2.45) is 12.5 Å². The monoisotopic (exact) mass is 408 g/mol. The number of benzene rings is 2. The van der Waals surface area contributed by atoms with Crippen molar-refractivity contribution in [1.82, 2.24) is 14.7 Å². The zero-order valence-corrected chi connectivity index (χ0v) is 18.1. The van der Waals surface area contributed by atoms with Gasteiger partial charge in [-0.25, -0.2) is 0 Å². The van der Waals surface area contributed by atoms with E-state index in [9.17, 15) is 0 Å². The molecule has 0 bridgehead atoms. The maximum absolute atomic E-state index is 7.00. The van der Waals surface area contributed by atoms with Gasteiger partial charge in [0.25, 0.3) is 0 Å². The van der Waals surface area contributed by atoms with Gasteiger partial charge in [-0.15, -0.1) is 0 Å². The summed E-state index contributed by atoms with van der Waals surface area (Å²) in [6, 6.07) is 12.8. The van der Waals surface area contributed by atoms with Crippen molar-refractivity contribution in [2.75, 3.05) is 38.1 Å². The molecule has 5 rings (SSSR count). The Kier molecular flexibility index (Phi) is 4.79. The van der Waals surface area contributed by atoms with Crippen LogP contribution in [0, 0.1) is 5.41 Å². The molecule has 2 fully saturated rings. The fraction of sp³-hybridized carbons (Fsp3) is 0.458. The molecule has 0 radical (unpaired) electrons. The highest BCUT2D eigenvalue weighted by atomic mass is 35.5. The van der Waals surface area contributed by atoms with Crippen LogP contribution in [0.4, 0.5) is 5.69 Å². The molecule has 1 spiro atoms. The Morgan fingerprint density at radius 1 is 0.862 bits per heavy atom. The molecule has 3 heterocycles. The summed E-state index contributed by atoms with van der Waals surface area (Å²) >= 11 is 7.00. The van der Waals surface area contributed by atoms with Crippen LogP contribution in [0.25, 0.3) is 22.0 Å². The van der Waals surface area contributed by atoms with Gasteiger partial charge in [0.05, 0.1) is 22.4 Å². The van der Waals surface area contributed by atoms with E-state index in [1.807, 2.05) is 17.9 Å². The maximum Gasteiger partial charge on any atom is 0.0718 e. The largest absolute Gasteiger partial charge is 0.370 e. The fourth-order valence-electron chi connectivity index (χ4n) is 5.20. The topological polar surface area (TPSA) is 24.3 Å². The molecule has 5 heteroatoms. The summed E-state index contributed by atoms with van der Waals surface area (Å²) in [7, 11) is 4.23. The lowest BCUT2D eigenvalue weighted by Gasteiger charge is -2.47. The van der Waals surface area contributed by atoms with Gasteiger partial charge in [0.2, 0.25) is 0 Å². The average Bonchev–Trinajstić information content (AvgIpc) is 3.13. The summed E-state index contributed by atoms with van der Waals surface area (Å²) in [4.78, 5) is 4.97. The summed E-state index contributed by atoms with van der Waals surface area (Å²) in [6.45, 7) is 4.69. The molecule has 2 saturated heterocycles. The lowest BCUT2D eigenvalue weighted by atomic mass is 9.71. The molecule has 0 amide bonds. The molecule has 2 aromatic carbocycles. The van der Waals surface area contributed by atoms with Crippen LogP contribution >= 0.6 is 11.6 Å². The van der Waals surface area contributed by atoms with E-state index < -0.39 is 0 Å². The highest BCUT2D eigenvalue weighted by molar-refractivity contribution is 6.36. The molecule has 3 aromatic rings. The maximum atomic E-state index is 7.00. The standard InChI is InChI=1S/C24H29ClN4/c1-27-13-9-24(10-14-27)11-15-29(16-12-24)22-8-4-6-19(23(22)25)18-5-3-7-21-20(18)17-26-28(21)2/h3-8,17H,9-16H2,1-2H3. The number of hydrogen-bond acceptors (Lipinski definition) is 3. The Bertz CT molecular complexity index is 1020. The van der Waals surface area contributed by atoms with E-state index in [-0.39, 0.29) is 0 Å². The summed E-state index contributed by atoms with van der Waals surface area (Å²) in [5, 5.41) is 6.45. The van der Waals surface area contributed by atoms with Gasteiger partial charge in [0.15, 0.2) is 0 Å². The third-order valence-corrected chi connectivity index (χ3v) is 7.67. The second kappa shape index (κ2) is 7.33. The smallest absolute Gasteiger partial charge is 0.0718 e. The summed E-state index contributed by atoms with van der Waals surface area (Å²) in [5.41, 5.74) is 5.11. The van der Waals surface area contributed by atoms with Gasteiger partial charge in [0, 0.05) is 31.1 Å². The highest BCUT2D eigenvalue weighted by Gasteiger charge is 2.37. The van der Waals surface area contributed by atoms with Crippen LogP contribution in [0.5, 0.6) is 0 Å². The van der Waals surface area contributed by atoms with E-state index in [1.54, 1.807) is 0 Å². The number of rotatable bonds is 2. The van der Waals surface area contributed by atoms with Crippen molar-refractivity contribution in [3.63, 3.8) is 0 Å². The van der Waals surface area contributed by atoms with Crippen LogP contribution in [0.2, 0.25) is 5.02 Å². The normalized spacial score (nSPS) is 19.9. The number of piperidine rings is 2. The summed E-state index contributed by atoms with van der Waals surface area (Å²) < 4.78 is 1.92. The molecule has 29 heavy (non-hydrogen) atoms. The number of nitrogens with zero attached hydrogens (tertiary/aromatic N) is 4. The SMILES string of the molecule is CN1CCC2(CC1)CCN(c1cccc(-c3cccc4c3cnn4C)c1Cl)CC2. The van der Waals surface area contributed by atoms with Crippen LogP contribution < -0.4 is 4.90 Å². The molecule has 0 N–H and O–H groups in total. The minimum Gasteiger partial charge on any atom is -0.370 e. The molecule has 4 nitrogen and oxygen atoms in total. The van der Waals surface area contributed by atoms with E-state index in [1.165, 1.54) is 44.5 Å².